The lowest BCUT2D eigenvalue weighted by Crippen LogP contribution is -2.07. The summed E-state index contributed by atoms with van der Waals surface area (Å²) in [5.74, 6) is -0.887. The Bertz CT molecular complexity index is 688. The van der Waals surface area contributed by atoms with Crippen LogP contribution >= 0.6 is 15.9 Å². The Labute approximate surface area is 127 Å². The number of aromatic nitrogens is 1. The van der Waals surface area contributed by atoms with Gasteiger partial charge in [0.1, 0.15) is 0 Å². The normalized spacial score (nSPS) is 12.1. The van der Waals surface area contributed by atoms with Gasteiger partial charge < -0.3 is 5.11 Å². The highest BCUT2D eigenvalue weighted by Gasteiger charge is 2.17. The predicted octanol–water partition coefficient (Wildman–Crippen LogP) is 3.16. The van der Waals surface area contributed by atoms with Crippen LogP contribution in [0.25, 0.3) is 0 Å². The van der Waals surface area contributed by atoms with Crippen LogP contribution in [0.15, 0.2) is 45.9 Å². The Morgan fingerprint density at radius 3 is 2.80 bits per heavy atom. The Balaban J connectivity index is 2.37. The van der Waals surface area contributed by atoms with Crippen LogP contribution in [-0.4, -0.2) is 20.3 Å². The molecule has 2 rings (SSSR count). The molecule has 0 bridgehead atoms. The van der Waals surface area contributed by atoms with Crippen molar-refractivity contribution < 1.29 is 14.1 Å². The summed E-state index contributed by atoms with van der Waals surface area (Å²) in [6, 6.07) is 8.35. The summed E-state index contributed by atoms with van der Waals surface area (Å²) in [5.41, 5.74) is 1.70. The number of benzene rings is 1. The lowest BCUT2D eigenvalue weighted by Gasteiger charge is -2.08. The summed E-state index contributed by atoms with van der Waals surface area (Å²) in [5, 5.41) is 9.16. The molecule has 1 N–H and O–H groups in total. The monoisotopic (exact) mass is 353 g/mol. The molecule has 0 saturated carbocycles. The first-order chi connectivity index (χ1) is 9.49. The van der Waals surface area contributed by atoms with Gasteiger partial charge in [-0.15, -0.1) is 0 Å². The van der Waals surface area contributed by atoms with Crippen molar-refractivity contribution in [3.63, 3.8) is 0 Å². The number of nitrogens with zero attached hydrogens (tertiary/aromatic N) is 1. The van der Waals surface area contributed by atoms with Crippen LogP contribution in [0.3, 0.4) is 0 Å². The summed E-state index contributed by atoms with van der Waals surface area (Å²) >= 11 is 3.27. The van der Waals surface area contributed by atoms with Gasteiger partial charge in [0.25, 0.3) is 0 Å². The van der Waals surface area contributed by atoms with Crippen LogP contribution < -0.4 is 0 Å². The molecule has 6 heteroatoms. The van der Waals surface area contributed by atoms with Crippen molar-refractivity contribution >= 4 is 32.7 Å². The molecule has 1 aromatic heterocycles. The Kier molecular flexibility index (Phi) is 4.67. The van der Waals surface area contributed by atoms with Gasteiger partial charge in [0.05, 0.1) is 32.7 Å². The van der Waals surface area contributed by atoms with Gasteiger partial charge in [-0.3, -0.25) is 9.19 Å². The van der Waals surface area contributed by atoms with Gasteiger partial charge in [-0.2, -0.15) is 0 Å². The fraction of sp³-hybridized carbons (Fsp3) is 0.143. The van der Waals surface area contributed by atoms with Crippen LogP contribution in [0.5, 0.6) is 0 Å². The third-order valence-corrected chi connectivity index (χ3v) is 4.66. The molecule has 0 aliphatic rings. The zero-order chi connectivity index (χ0) is 14.7. The van der Waals surface area contributed by atoms with E-state index < -0.39 is 16.8 Å². The first kappa shape index (κ1) is 14.9. The van der Waals surface area contributed by atoms with Crippen molar-refractivity contribution in [1.29, 1.82) is 0 Å². The number of hydrogen-bond donors (Lipinski definition) is 1. The van der Waals surface area contributed by atoms with Crippen molar-refractivity contribution in [2.45, 2.75) is 17.6 Å². The zero-order valence-electron chi connectivity index (χ0n) is 10.7. The molecule has 0 saturated heterocycles. The highest BCUT2D eigenvalue weighted by atomic mass is 79.9. The van der Waals surface area contributed by atoms with Gasteiger partial charge in [-0.25, -0.2) is 4.79 Å². The van der Waals surface area contributed by atoms with Crippen LogP contribution in [0, 0.1) is 6.92 Å². The summed E-state index contributed by atoms with van der Waals surface area (Å²) in [7, 11) is -1.46. The lowest BCUT2D eigenvalue weighted by atomic mass is 10.2. The maximum atomic E-state index is 12.4. The lowest BCUT2D eigenvalue weighted by molar-refractivity contribution is 0.0693. The summed E-state index contributed by atoms with van der Waals surface area (Å²) < 4.78 is 13.1. The number of rotatable bonds is 4. The van der Waals surface area contributed by atoms with E-state index in [9.17, 15) is 9.00 Å². The van der Waals surface area contributed by atoms with Gasteiger partial charge in [0, 0.05) is 10.7 Å². The smallest absolute Gasteiger partial charge is 0.336 e. The minimum atomic E-state index is -1.46. The largest absolute Gasteiger partial charge is 0.478 e. The number of carboxylic acids is 1. The van der Waals surface area contributed by atoms with Crippen molar-refractivity contribution in [3.05, 3.63) is 57.8 Å². The number of carboxylic acid groups (broad SMARTS) is 1. The maximum absolute atomic E-state index is 12.4. The van der Waals surface area contributed by atoms with Crippen LogP contribution in [0.4, 0.5) is 0 Å². The SMILES string of the molecule is Cc1cccnc1CS(=O)c1cc(Br)ccc1C(=O)O. The second-order valence-corrected chi connectivity index (χ2v) is 6.54. The van der Waals surface area contributed by atoms with Crippen LogP contribution in [0.1, 0.15) is 21.6 Å². The first-order valence-corrected chi connectivity index (χ1v) is 7.92. The third kappa shape index (κ3) is 3.32. The van der Waals surface area contributed by atoms with Crippen LogP contribution in [-0.2, 0) is 16.6 Å². The Hall–Kier alpha value is -1.53. The standard InChI is InChI=1S/C14H12BrNO3S/c1-9-3-2-6-16-12(9)8-20(19)13-7-10(15)4-5-11(13)14(17)18/h2-7H,8H2,1H3,(H,17,18). The molecule has 104 valence electrons. The summed E-state index contributed by atoms with van der Waals surface area (Å²) in [6.07, 6.45) is 1.64. The highest BCUT2D eigenvalue weighted by molar-refractivity contribution is 9.10. The second-order valence-electron chi connectivity index (χ2n) is 4.20. The summed E-state index contributed by atoms with van der Waals surface area (Å²) in [6.45, 7) is 1.89. The average Bonchev–Trinajstić information content (AvgIpc) is 2.40. The van der Waals surface area contributed by atoms with Crippen LogP contribution in [0.2, 0.25) is 0 Å². The van der Waals surface area contributed by atoms with E-state index in [1.165, 1.54) is 6.07 Å². The van der Waals surface area contributed by atoms with E-state index in [4.69, 9.17) is 5.11 Å². The molecule has 0 fully saturated rings. The molecule has 0 aliphatic heterocycles. The first-order valence-electron chi connectivity index (χ1n) is 5.80. The highest BCUT2D eigenvalue weighted by Crippen LogP contribution is 2.22. The molecule has 4 nitrogen and oxygen atoms in total. The van der Waals surface area contributed by atoms with E-state index in [2.05, 4.69) is 20.9 Å². The molecule has 1 atom stereocenters. The number of carbonyl (C=O) groups is 1. The zero-order valence-corrected chi connectivity index (χ0v) is 13.1. The molecule has 1 heterocycles. The second kappa shape index (κ2) is 6.28. The quantitative estimate of drug-likeness (QED) is 0.916. The van der Waals surface area contributed by atoms with Gasteiger partial charge >= 0.3 is 5.97 Å². The molecule has 0 aliphatic carbocycles. The third-order valence-electron chi connectivity index (χ3n) is 2.81. The van der Waals surface area contributed by atoms with Crippen molar-refractivity contribution in [3.8, 4) is 0 Å². The number of aryl methyl sites for hydroxylation is 1. The van der Waals surface area contributed by atoms with Gasteiger partial charge in [0.2, 0.25) is 0 Å². The summed E-state index contributed by atoms with van der Waals surface area (Å²) in [4.78, 5) is 15.7. The fourth-order valence-electron chi connectivity index (χ4n) is 1.73. The van der Waals surface area contributed by atoms with E-state index in [0.29, 0.717) is 15.1 Å². The van der Waals surface area contributed by atoms with E-state index in [-0.39, 0.29) is 11.3 Å². The van der Waals surface area contributed by atoms with E-state index in [1.54, 1.807) is 18.3 Å². The topological polar surface area (TPSA) is 67.3 Å². The Morgan fingerprint density at radius 1 is 1.40 bits per heavy atom. The maximum Gasteiger partial charge on any atom is 0.336 e. The average molecular weight is 354 g/mol. The molecule has 1 aromatic carbocycles. The predicted molar refractivity (Wildman–Crippen MR) is 80.2 cm³/mol. The number of pyridine rings is 1. The molecule has 20 heavy (non-hydrogen) atoms. The van der Waals surface area contributed by atoms with Crippen molar-refractivity contribution in [2.24, 2.45) is 0 Å². The Morgan fingerprint density at radius 2 is 2.15 bits per heavy atom. The van der Waals surface area contributed by atoms with Gasteiger partial charge in [-0.05, 0) is 36.8 Å². The van der Waals surface area contributed by atoms with E-state index >= 15 is 0 Å². The minimum absolute atomic E-state index is 0.0557. The number of halogens is 1. The molecule has 0 amide bonds. The van der Waals surface area contributed by atoms with Crippen molar-refractivity contribution in [1.82, 2.24) is 4.98 Å². The molecule has 2 aromatic rings. The van der Waals surface area contributed by atoms with Gasteiger partial charge in [0.15, 0.2) is 0 Å². The molecular formula is C14H12BrNO3S. The fourth-order valence-corrected chi connectivity index (χ4v) is 3.61. The number of aromatic carboxylic acids is 1. The molecule has 0 radical (unpaired) electrons. The molecular weight excluding hydrogens is 342 g/mol. The molecule has 0 spiro atoms. The van der Waals surface area contributed by atoms with Crippen molar-refractivity contribution in [2.75, 3.05) is 0 Å². The van der Waals surface area contributed by atoms with E-state index in [0.717, 1.165) is 5.56 Å². The number of hydrogen-bond acceptors (Lipinski definition) is 3. The minimum Gasteiger partial charge on any atom is -0.478 e. The van der Waals surface area contributed by atoms with Gasteiger partial charge in [-0.1, -0.05) is 22.0 Å². The molecule has 1 unspecified atom stereocenters. The van der Waals surface area contributed by atoms with E-state index in [1.807, 2.05) is 19.1 Å².